The van der Waals surface area contributed by atoms with Gasteiger partial charge < -0.3 is 9.42 Å². The molecule has 1 aliphatic rings. The molecule has 1 amide bonds. The summed E-state index contributed by atoms with van der Waals surface area (Å²) in [5.41, 5.74) is 0.0263. The maximum absolute atomic E-state index is 13.3. The summed E-state index contributed by atoms with van der Waals surface area (Å²) in [5, 5.41) is 5.94. The van der Waals surface area contributed by atoms with Crippen LogP contribution < -0.4 is 0 Å². The topological polar surface area (TPSA) is 62.5 Å². The van der Waals surface area contributed by atoms with Gasteiger partial charge in [-0.2, -0.15) is 4.98 Å². The summed E-state index contributed by atoms with van der Waals surface area (Å²) in [6.07, 6.45) is 0. The molecule has 27 heavy (non-hydrogen) atoms. The molecule has 0 saturated carbocycles. The summed E-state index contributed by atoms with van der Waals surface area (Å²) in [6.45, 7) is 2.64. The molecule has 0 aliphatic carbocycles. The van der Waals surface area contributed by atoms with Gasteiger partial charge in [-0.3, -0.25) is 9.69 Å². The second kappa shape index (κ2) is 7.53. The molecule has 3 aromatic rings. The van der Waals surface area contributed by atoms with Crippen LogP contribution in [-0.2, 0) is 6.54 Å². The Hall–Kier alpha value is -2.65. The van der Waals surface area contributed by atoms with E-state index in [0.717, 1.165) is 23.1 Å². The summed E-state index contributed by atoms with van der Waals surface area (Å²) in [7, 11) is 0. The highest BCUT2D eigenvalue weighted by atomic mass is 32.1. The van der Waals surface area contributed by atoms with E-state index in [2.05, 4.69) is 15.0 Å². The zero-order valence-corrected chi connectivity index (χ0v) is 15.1. The first-order chi connectivity index (χ1) is 13.1. The highest BCUT2D eigenvalue weighted by Gasteiger charge is 2.24. The third-order valence-corrected chi connectivity index (χ3v) is 5.20. The summed E-state index contributed by atoms with van der Waals surface area (Å²) in [4.78, 5) is 21.5. The number of halogens is 2. The average Bonchev–Trinajstić information content (AvgIpc) is 3.32. The molecular weight excluding hydrogens is 374 g/mol. The molecule has 9 heteroatoms. The lowest BCUT2D eigenvalue weighted by atomic mass is 10.1. The van der Waals surface area contributed by atoms with Gasteiger partial charge in [0.2, 0.25) is 11.7 Å². The van der Waals surface area contributed by atoms with E-state index in [4.69, 9.17) is 4.52 Å². The third-order valence-electron chi connectivity index (χ3n) is 4.34. The van der Waals surface area contributed by atoms with Gasteiger partial charge in [0.25, 0.3) is 5.91 Å². The van der Waals surface area contributed by atoms with Crippen LogP contribution in [0, 0.1) is 11.6 Å². The van der Waals surface area contributed by atoms with Crippen LogP contribution in [0.2, 0.25) is 0 Å². The summed E-state index contributed by atoms with van der Waals surface area (Å²) in [5.74, 6) is -0.789. The number of hydrogen-bond donors (Lipinski definition) is 0. The fourth-order valence-corrected chi connectivity index (χ4v) is 3.63. The molecule has 0 spiro atoms. The van der Waals surface area contributed by atoms with Crippen LogP contribution >= 0.6 is 11.3 Å². The molecule has 4 rings (SSSR count). The molecule has 140 valence electrons. The number of carbonyl (C=O) groups excluding carboxylic acids is 1. The van der Waals surface area contributed by atoms with Crippen LogP contribution in [0.1, 0.15) is 16.2 Å². The van der Waals surface area contributed by atoms with Gasteiger partial charge in [0.05, 0.1) is 11.4 Å². The number of benzene rings is 1. The highest BCUT2D eigenvalue weighted by molar-refractivity contribution is 7.13. The van der Waals surface area contributed by atoms with Gasteiger partial charge >= 0.3 is 0 Å². The lowest BCUT2D eigenvalue weighted by Gasteiger charge is -2.34. The number of carbonyl (C=O) groups is 1. The molecule has 1 saturated heterocycles. The zero-order valence-electron chi connectivity index (χ0n) is 14.3. The van der Waals surface area contributed by atoms with Crippen LogP contribution in [0.5, 0.6) is 0 Å². The SMILES string of the molecule is O=C(c1cc(F)cc(F)c1)N1CCN(Cc2nc(-c3cccs3)no2)CC1. The van der Waals surface area contributed by atoms with E-state index in [1.807, 2.05) is 17.5 Å². The Balaban J connectivity index is 1.34. The summed E-state index contributed by atoms with van der Waals surface area (Å²) < 4.78 is 31.9. The van der Waals surface area contributed by atoms with E-state index >= 15 is 0 Å². The fraction of sp³-hybridized carbons (Fsp3) is 0.278. The molecular formula is C18H16F2N4O2S. The lowest BCUT2D eigenvalue weighted by Crippen LogP contribution is -2.48. The predicted octanol–water partition coefficient (Wildman–Crippen LogP) is 3.03. The summed E-state index contributed by atoms with van der Waals surface area (Å²) in [6, 6.07) is 6.73. The Kier molecular flexibility index (Phi) is 4.95. The van der Waals surface area contributed by atoms with Gasteiger partial charge in [-0.15, -0.1) is 11.3 Å². The predicted molar refractivity (Wildman–Crippen MR) is 95.1 cm³/mol. The Morgan fingerprint density at radius 3 is 2.56 bits per heavy atom. The Labute approximate surface area is 158 Å². The number of nitrogens with zero attached hydrogens (tertiary/aromatic N) is 4. The molecule has 0 N–H and O–H groups in total. The van der Waals surface area contributed by atoms with Gasteiger partial charge in [0.1, 0.15) is 11.6 Å². The lowest BCUT2D eigenvalue weighted by molar-refractivity contribution is 0.0614. The van der Waals surface area contributed by atoms with Crippen molar-refractivity contribution in [2.75, 3.05) is 26.2 Å². The molecule has 0 unspecified atom stereocenters. The van der Waals surface area contributed by atoms with E-state index in [9.17, 15) is 13.6 Å². The minimum Gasteiger partial charge on any atom is -0.338 e. The Morgan fingerprint density at radius 2 is 1.89 bits per heavy atom. The van der Waals surface area contributed by atoms with E-state index < -0.39 is 11.6 Å². The zero-order chi connectivity index (χ0) is 18.8. The van der Waals surface area contributed by atoms with Crippen molar-refractivity contribution in [1.29, 1.82) is 0 Å². The molecule has 0 atom stereocenters. The van der Waals surface area contributed by atoms with E-state index in [1.165, 1.54) is 0 Å². The summed E-state index contributed by atoms with van der Waals surface area (Å²) >= 11 is 1.54. The van der Waals surface area contributed by atoms with Gasteiger partial charge in [-0.1, -0.05) is 11.2 Å². The van der Waals surface area contributed by atoms with Crippen molar-refractivity contribution in [1.82, 2.24) is 19.9 Å². The maximum Gasteiger partial charge on any atom is 0.254 e. The molecule has 0 bridgehead atoms. The van der Waals surface area contributed by atoms with Crippen molar-refractivity contribution in [2.24, 2.45) is 0 Å². The number of thiophene rings is 1. The smallest absolute Gasteiger partial charge is 0.254 e. The largest absolute Gasteiger partial charge is 0.338 e. The van der Waals surface area contributed by atoms with Crippen molar-refractivity contribution < 1.29 is 18.1 Å². The average molecular weight is 390 g/mol. The van der Waals surface area contributed by atoms with Crippen LogP contribution in [-0.4, -0.2) is 52.0 Å². The maximum atomic E-state index is 13.3. The number of aromatic nitrogens is 2. The monoisotopic (exact) mass is 390 g/mol. The van der Waals surface area contributed by atoms with Crippen molar-refractivity contribution >= 4 is 17.2 Å². The number of piperazine rings is 1. The van der Waals surface area contributed by atoms with Gasteiger partial charge in [-0.25, -0.2) is 8.78 Å². The van der Waals surface area contributed by atoms with E-state index in [1.54, 1.807) is 16.2 Å². The van der Waals surface area contributed by atoms with Crippen molar-refractivity contribution in [3.05, 3.63) is 58.8 Å². The van der Waals surface area contributed by atoms with E-state index in [-0.39, 0.29) is 11.5 Å². The molecule has 1 aliphatic heterocycles. The van der Waals surface area contributed by atoms with Crippen molar-refractivity contribution in [3.63, 3.8) is 0 Å². The number of hydrogen-bond acceptors (Lipinski definition) is 6. The highest BCUT2D eigenvalue weighted by Crippen LogP contribution is 2.22. The normalized spacial score (nSPS) is 15.3. The van der Waals surface area contributed by atoms with Gasteiger partial charge in [-0.05, 0) is 23.6 Å². The Bertz CT molecular complexity index is 917. The quantitative estimate of drug-likeness (QED) is 0.685. The van der Waals surface area contributed by atoms with Crippen LogP contribution in [0.4, 0.5) is 8.78 Å². The molecule has 2 aromatic heterocycles. The number of amides is 1. The number of rotatable bonds is 4. The van der Waals surface area contributed by atoms with Crippen LogP contribution in [0.25, 0.3) is 10.7 Å². The standard InChI is InChI=1S/C18H16F2N4O2S/c19-13-8-12(9-14(20)10-13)18(25)24-5-3-23(4-6-24)11-16-21-17(22-26-16)15-2-1-7-27-15/h1-2,7-10H,3-6,11H2. The van der Waals surface area contributed by atoms with Gasteiger partial charge in [0, 0.05) is 37.8 Å². The molecule has 1 fully saturated rings. The first-order valence-corrected chi connectivity index (χ1v) is 9.30. The fourth-order valence-electron chi connectivity index (χ4n) is 2.99. The van der Waals surface area contributed by atoms with Crippen LogP contribution in [0.15, 0.2) is 40.2 Å². The molecule has 1 aromatic carbocycles. The third kappa shape index (κ3) is 4.04. The minimum atomic E-state index is -0.755. The van der Waals surface area contributed by atoms with E-state index in [0.29, 0.717) is 44.4 Å². The minimum absolute atomic E-state index is 0.0263. The first kappa shape index (κ1) is 17.7. The second-order valence-electron chi connectivity index (χ2n) is 6.22. The second-order valence-corrected chi connectivity index (χ2v) is 7.16. The van der Waals surface area contributed by atoms with Crippen molar-refractivity contribution in [2.45, 2.75) is 6.54 Å². The molecule has 6 nitrogen and oxygen atoms in total. The molecule has 0 radical (unpaired) electrons. The Morgan fingerprint density at radius 1 is 1.15 bits per heavy atom. The van der Waals surface area contributed by atoms with Crippen LogP contribution in [0.3, 0.4) is 0 Å². The van der Waals surface area contributed by atoms with Gasteiger partial charge in [0.15, 0.2) is 0 Å². The first-order valence-electron chi connectivity index (χ1n) is 8.43. The van der Waals surface area contributed by atoms with Crippen molar-refractivity contribution in [3.8, 4) is 10.7 Å². The molecule has 3 heterocycles.